The molecule has 1 saturated heterocycles. The molecule has 0 aliphatic carbocycles. The number of esters is 1. The van der Waals surface area contributed by atoms with Crippen molar-refractivity contribution in [2.45, 2.75) is 19.0 Å². The third kappa shape index (κ3) is 3.34. The van der Waals surface area contributed by atoms with Crippen LogP contribution < -0.4 is 0 Å². The first-order valence-corrected chi connectivity index (χ1v) is 5.82. The average molecular weight is 274 g/mol. The minimum atomic E-state index is -1.11. The molecular weight excluding hydrogens is 256 g/mol. The van der Waals surface area contributed by atoms with Gasteiger partial charge in [0.15, 0.2) is 6.04 Å². The minimum absolute atomic E-state index is 0.0493. The van der Waals surface area contributed by atoms with Crippen LogP contribution >= 0.6 is 0 Å². The van der Waals surface area contributed by atoms with Crippen molar-refractivity contribution in [3.8, 4) is 0 Å². The number of carboxylic acids is 1. The number of carboxylic acid groups (broad SMARTS) is 1. The van der Waals surface area contributed by atoms with Crippen LogP contribution in [0.2, 0.25) is 0 Å². The molecule has 2 unspecified atom stereocenters. The Morgan fingerprint density at radius 2 is 2.11 bits per heavy atom. The van der Waals surface area contributed by atoms with Gasteiger partial charge in [0, 0.05) is 13.6 Å². The number of hydrogen-bond acceptors (Lipinski definition) is 5. The van der Waals surface area contributed by atoms with Crippen molar-refractivity contribution in [1.29, 1.82) is 0 Å². The van der Waals surface area contributed by atoms with E-state index in [4.69, 9.17) is 9.84 Å². The highest BCUT2D eigenvalue weighted by Crippen LogP contribution is 2.12. The molecule has 1 heterocycles. The second-order valence-corrected chi connectivity index (χ2v) is 4.21. The molecule has 108 valence electrons. The maximum atomic E-state index is 12.2. The molecule has 0 radical (unpaired) electrons. The highest BCUT2D eigenvalue weighted by atomic mass is 16.5. The number of morpholine rings is 1. The van der Waals surface area contributed by atoms with E-state index in [0.717, 1.165) is 4.90 Å². The van der Waals surface area contributed by atoms with Gasteiger partial charge in [0.1, 0.15) is 6.04 Å². The summed E-state index contributed by atoms with van der Waals surface area (Å²) in [7, 11) is 2.61. The number of carbonyl (C=O) groups is 3. The molecule has 8 heteroatoms. The van der Waals surface area contributed by atoms with Crippen molar-refractivity contribution in [1.82, 2.24) is 9.80 Å². The summed E-state index contributed by atoms with van der Waals surface area (Å²) in [5.41, 5.74) is 0. The molecule has 1 N–H and O–H groups in total. The van der Waals surface area contributed by atoms with E-state index >= 15 is 0 Å². The third-order valence-electron chi connectivity index (χ3n) is 3.09. The molecule has 2 atom stereocenters. The Balaban J connectivity index is 2.82. The fraction of sp³-hybridized carbons (Fsp3) is 0.727. The van der Waals surface area contributed by atoms with Crippen molar-refractivity contribution < 1.29 is 29.0 Å². The molecule has 0 aromatic rings. The van der Waals surface area contributed by atoms with Crippen LogP contribution in [0.15, 0.2) is 0 Å². The number of ether oxygens (including phenoxy) is 2. The quantitative estimate of drug-likeness (QED) is 0.689. The van der Waals surface area contributed by atoms with Crippen LogP contribution in [-0.4, -0.2) is 78.9 Å². The van der Waals surface area contributed by atoms with Crippen LogP contribution in [0.5, 0.6) is 0 Å². The second-order valence-electron chi connectivity index (χ2n) is 4.21. The Morgan fingerprint density at radius 3 is 2.63 bits per heavy atom. The molecule has 0 bridgehead atoms. The molecule has 0 saturated carbocycles. The van der Waals surface area contributed by atoms with E-state index in [1.807, 2.05) is 0 Å². The molecule has 1 rings (SSSR count). The lowest BCUT2D eigenvalue weighted by atomic mass is 10.2. The monoisotopic (exact) mass is 274 g/mol. The molecule has 19 heavy (non-hydrogen) atoms. The number of carbonyl (C=O) groups excluding carboxylic acids is 2. The van der Waals surface area contributed by atoms with E-state index < -0.39 is 30.1 Å². The predicted molar refractivity (Wildman–Crippen MR) is 63.6 cm³/mol. The van der Waals surface area contributed by atoms with E-state index in [1.165, 1.54) is 26.0 Å². The number of urea groups is 1. The van der Waals surface area contributed by atoms with Gasteiger partial charge in [0.05, 0.1) is 20.3 Å². The fourth-order valence-electron chi connectivity index (χ4n) is 1.70. The van der Waals surface area contributed by atoms with Crippen molar-refractivity contribution in [2.75, 3.05) is 33.9 Å². The fourth-order valence-corrected chi connectivity index (χ4v) is 1.70. The molecule has 1 aliphatic heterocycles. The van der Waals surface area contributed by atoms with Crippen LogP contribution in [0.1, 0.15) is 6.92 Å². The zero-order valence-electron chi connectivity index (χ0n) is 11.2. The molecule has 0 aromatic heterocycles. The van der Waals surface area contributed by atoms with Gasteiger partial charge in [-0.05, 0) is 6.92 Å². The maximum absolute atomic E-state index is 12.2. The summed E-state index contributed by atoms with van der Waals surface area (Å²) in [6, 6.07) is -2.35. The maximum Gasteiger partial charge on any atom is 0.331 e. The SMILES string of the molecule is COC(=O)C1COCCN1C(=O)N(C)C(C)C(=O)O. The van der Waals surface area contributed by atoms with Crippen LogP contribution in [0.25, 0.3) is 0 Å². The van der Waals surface area contributed by atoms with Crippen molar-refractivity contribution in [3.63, 3.8) is 0 Å². The lowest BCUT2D eigenvalue weighted by Gasteiger charge is -2.37. The van der Waals surface area contributed by atoms with Crippen LogP contribution in [0.3, 0.4) is 0 Å². The first-order valence-electron chi connectivity index (χ1n) is 5.82. The van der Waals surface area contributed by atoms with E-state index in [-0.39, 0.29) is 13.2 Å². The van der Waals surface area contributed by atoms with Gasteiger partial charge in [-0.1, -0.05) is 0 Å². The number of aliphatic carboxylic acids is 1. The summed E-state index contributed by atoms with van der Waals surface area (Å²) in [5.74, 6) is -1.69. The first-order chi connectivity index (χ1) is 8.90. The van der Waals surface area contributed by atoms with Crippen molar-refractivity contribution in [2.24, 2.45) is 0 Å². The summed E-state index contributed by atoms with van der Waals surface area (Å²) < 4.78 is 9.75. The highest BCUT2D eigenvalue weighted by Gasteiger charge is 2.36. The summed E-state index contributed by atoms with van der Waals surface area (Å²) >= 11 is 0. The number of rotatable bonds is 3. The largest absolute Gasteiger partial charge is 0.480 e. The van der Waals surface area contributed by atoms with Crippen LogP contribution in [0, 0.1) is 0 Å². The zero-order chi connectivity index (χ0) is 14.6. The van der Waals surface area contributed by atoms with Crippen molar-refractivity contribution in [3.05, 3.63) is 0 Å². The number of nitrogens with zero attached hydrogens (tertiary/aromatic N) is 2. The number of amides is 2. The lowest BCUT2D eigenvalue weighted by Crippen LogP contribution is -2.58. The van der Waals surface area contributed by atoms with Crippen molar-refractivity contribution >= 4 is 18.0 Å². The molecule has 8 nitrogen and oxygen atoms in total. The van der Waals surface area contributed by atoms with Gasteiger partial charge in [-0.2, -0.15) is 0 Å². The average Bonchev–Trinajstić information content (AvgIpc) is 2.43. The van der Waals surface area contributed by atoms with E-state index in [2.05, 4.69) is 4.74 Å². The van der Waals surface area contributed by atoms with Gasteiger partial charge in [-0.3, -0.25) is 0 Å². The third-order valence-corrected chi connectivity index (χ3v) is 3.09. The van der Waals surface area contributed by atoms with E-state index in [9.17, 15) is 14.4 Å². The van der Waals surface area contributed by atoms with Gasteiger partial charge in [-0.25, -0.2) is 14.4 Å². The van der Waals surface area contributed by atoms with E-state index in [1.54, 1.807) is 0 Å². The van der Waals surface area contributed by atoms with Gasteiger partial charge in [-0.15, -0.1) is 0 Å². The van der Waals surface area contributed by atoms with Gasteiger partial charge in [0.25, 0.3) is 0 Å². The summed E-state index contributed by atoms with van der Waals surface area (Å²) in [4.78, 5) is 37.0. The summed E-state index contributed by atoms with van der Waals surface area (Å²) in [6.07, 6.45) is 0. The predicted octanol–water partition coefficient (Wildman–Crippen LogP) is -0.615. The molecule has 0 spiro atoms. The van der Waals surface area contributed by atoms with Crippen LogP contribution in [-0.2, 0) is 19.1 Å². The van der Waals surface area contributed by atoms with Gasteiger partial charge >= 0.3 is 18.0 Å². The normalized spacial score (nSPS) is 20.6. The van der Waals surface area contributed by atoms with Crippen LogP contribution in [0.4, 0.5) is 4.79 Å². The van der Waals surface area contributed by atoms with Gasteiger partial charge < -0.3 is 24.4 Å². The Bertz CT molecular complexity index is 372. The second kappa shape index (κ2) is 6.37. The molecule has 0 aromatic carbocycles. The first kappa shape index (κ1) is 15.2. The Morgan fingerprint density at radius 1 is 1.47 bits per heavy atom. The summed E-state index contributed by atoms with van der Waals surface area (Å²) in [5, 5.41) is 8.89. The topological polar surface area (TPSA) is 96.4 Å². The minimum Gasteiger partial charge on any atom is -0.480 e. The Hall–Kier alpha value is -1.83. The smallest absolute Gasteiger partial charge is 0.331 e. The standard InChI is InChI=1S/C11H18N2O6/c1-7(9(14)15)12(2)11(17)13-4-5-19-6-8(13)10(16)18-3/h7-8H,4-6H2,1-3H3,(H,14,15). The highest BCUT2D eigenvalue weighted by molar-refractivity contribution is 5.86. The number of likely N-dealkylation sites (N-methyl/N-ethyl adjacent to an activating group) is 1. The Labute approximate surface area is 110 Å². The lowest BCUT2D eigenvalue weighted by molar-refractivity contribution is -0.151. The summed E-state index contributed by atoms with van der Waals surface area (Å²) in [6.45, 7) is 1.96. The number of hydrogen-bond donors (Lipinski definition) is 1. The van der Waals surface area contributed by atoms with E-state index in [0.29, 0.717) is 6.61 Å². The molecular formula is C11H18N2O6. The molecule has 1 aliphatic rings. The zero-order valence-corrected chi connectivity index (χ0v) is 11.2. The molecule has 1 fully saturated rings. The Kier molecular flexibility index (Phi) is 5.11. The van der Waals surface area contributed by atoms with Gasteiger partial charge in [0.2, 0.25) is 0 Å². The molecule has 2 amide bonds. The number of methoxy groups -OCH3 is 1.